The Hall–Kier alpha value is -11.7. The van der Waals surface area contributed by atoms with Crippen molar-refractivity contribution in [3.8, 4) is 46.0 Å². The summed E-state index contributed by atoms with van der Waals surface area (Å²) in [6, 6.07) is 26.6. The molecule has 0 aliphatic carbocycles. The number of ether oxygens (including phenoxy) is 5. The first-order valence-corrected chi connectivity index (χ1v) is 28.0. The fourth-order valence-corrected chi connectivity index (χ4v) is 8.73. The number of aromatic carboxylic acids is 3. The van der Waals surface area contributed by atoms with Crippen molar-refractivity contribution in [2.75, 3.05) is 30.2 Å². The van der Waals surface area contributed by atoms with E-state index in [1.165, 1.54) is 55.6 Å². The fraction of sp³-hybridized carbons (Fsp3) is 0.0909. The number of nitrogens with one attached hydrogen (secondary N) is 3. The molecule has 17 nitrogen and oxygen atoms in total. The zero-order valence-electron chi connectivity index (χ0n) is 49.9. The number of anilines is 3. The average Bonchev–Trinajstić information content (AvgIpc) is 0.773. The highest BCUT2D eigenvalue weighted by atomic mass is 35.5. The minimum Gasteiger partial charge on any atom is -0.493 e. The van der Waals surface area contributed by atoms with Gasteiger partial charge in [-0.3, -0.25) is 14.4 Å². The van der Waals surface area contributed by atoms with E-state index in [1.807, 2.05) is 0 Å². The Morgan fingerprint density at radius 2 is 0.680 bits per heavy atom. The lowest BCUT2D eigenvalue weighted by Crippen LogP contribution is -2.21. The van der Waals surface area contributed by atoms with Crippen molar-refractivity contribution in [2.24, 2.45) is 0 Å². The number of halogens is 17. The van der Waals surface area contributed by atoms with E-state index in [1.54, 1.807) is 0 Å². The SMILES string of the molecule is COc1cc(F)ccc1Oc1cc(C(F)(F)F)cc(C(F)(F)F)c1C(=O)Nc1ccc(C(=O)O)cc1.COc1cc(F)ccc1Oc1cc(Cl)c(Cl)cc1C(=O)Nc1ccc(C(=O)O)cc1.O=C(O)c1ccc(NC(=O)c2c(Oc3ccc(F)cc3)cc(C(F)(F)F)cc2C(F)(F)F)cc1. The molecule has 6 N–H and O–H groups in total. The number of hydrogen-bond donors (Lipinski definition) is 6. The van der Waals surface area contributed by atoms with Gasteiger partial charge in [-0.25, -0.2) is 27.6 Å². The molecule has 0 aliphatic rings. The van der Waals surface area contributed by atoms with Crippen LogP contribution in [-0.4, -0.2) is 65.2 Å². The minimum absolute atomic E-state index is 0.0538. The summed E-state index contributed by atoms with van der Waals surface area (Å²) >= 11 is 12.1. The van der Waals surface area contributed by atoms with Gasteiger partial charge >= 0.3 is 42.6 Å². The first-order chi connectivity index (χ1) is 46.7. The maximum absolute atomic E-state index is 13.8. The molecule has 3 amide bonds. The van der Waals surface area contributed by atoms with Gasteiger partial charge in [-0.2, -0.15) is 52.7 Å². The van der Waals surface area contributed by atoms with Crippen molar-refractivity contribution in [3.05, 3.63) is 253 Å². The highest BCUT2D eigenvalue weighted by molar-refractivity contribution is 6.42. The van der Waals surface area contributed by atoms with E-state index in [4.69, 9.17) is 62.2 Å². The molecule has 0 fully saturated rings. The topological polar surface area (TPSA) is 245 Å². The summed E-state index contributed by atoms with van der Waals surface area (Å²) in [4.78, 5) is 71.3. The van der Waals surface area contributed by atoms with Gasteiger partial charge in [0.25, 0.3) is 17.7 Å². The van der Waals surface area contributed by atoms with Crippen LogP contribution in [0, 0.1) is 17.5 Å². The molecule has 0 atom stereocenters. The third-order valence-corrected chi connectivity index (χ3v) is 13.8. The van der Waals surface area contributed by atoms with E-state index < -0.39 is 128 Å². The summed E-state index contributed by atoms with van der Waals surface area (Å²) in [5.74, 6) is -12.3. The average molecular weight is 1450 g/mol. The number of carbonyl (C=O) groups is 6. The number of alkyl halides is 12. The number of carboxylic acid groups (broad SMARTS) is 3. The molecule has 0 unspecified atom stereocenters. The summed E-state index contributed by atoms with van der Waals surface area (Å²) in [7, 11) is 2.41. The lowest BCUT2D eigenvalue weighted by Gasteiger charge is -2.20. The monoisotopic (exact) mass is 1450 g/mol. The second-order valence-corrected chi connectivity index (χ2v) is 20.7. The number of rotatable bonds is 17. The molecule has 0 radical (unpaired) electrons. The number of amides is 3. The van der Waals surface area contributed by atoms with Crippen molar-refractivity contribution >= 4 is 75.9 Å². The molecule has 522 valence electrons. The Bertz CT molecular complexity index is 4560. The molecule has 0 saturated heterocycles. The van der Waals surface area contributed by atoms with Gasteiger partial charge in [0.2, 0.25) is 0 Å². The fourth-order valence-electron chi connectivity index (χ4n) is 8.42. The summed E-state index contributed by atoms with van der Waals surface area (Å²) in [6.07, 6.45) is -21.3. The number of hydrogen-bond acceptors (Lipinski definition) is 11. The third-order valence-electron chi connectivity index (χ3n) is 13.1. The first kappa shape index (κ1) is 75.7. The van der Waals surface area contributed by atoms with E-state index in [0.717, 1.165) is 104 Å². The van der Waals surface area contributed by atoms with Crippen molar-refractivity contribution in [1.82, 2.24) is 0 Å². The molecule has 0 bridgehead atoms. The Morgan fingerprint density at radius 3 is 1.02 bits per heavy atom. The Kier molecular flexibility index (Phi) is 23.7. The van der Waals surface area contributed by atoms with Crippen molar-refractivity contribution in [1.29, 1.82) is 0 Å². The second-order valence-electron chi connectivity index (χ2n) is 19.9. The second kappa shape index (κ2) is 31.2. The highest BCUT2D eigenvalue weighted by Crippen LogP contribution is 2.46. The largest absolute Gasteiger partial charge is 0.493 e. The van der Waals surface area contributed by atoms with Gasteiger partial charge in [-0.15, -0.1) is 0 Å². The van der Waals surface area contributed by atoms with Crippen LogP contribution in [0.2, 0.25) is 10.0 Å². The number of carbonyl (C=O) groups excluding carboxylic acids is 3. The van der Waals surface area contributed by atoms with Crippen LogP contribution in [0.4, 0.5) is 82.9 Å². The molecule has 100 heavy (non-hydrogen) atoms. The van der Waals surface area contributed by atoms with Crippen molar-refractivity contribution in [3.63, 3.8) is 0 Å². The van der Waals surface area contributed by atoms with Crippen LogP contribution in [0.1, 0.15) is 84.4 Å². The van der Waals surface area contributed by atoms with Gasteiger partial charge < -0.3 is 55.0 Å². The summed E-state index contributed by atoms with van der Waals surface area (Å²) in [6.45, 7) is 0. The van der Waals surface area contributed by atoms with Gasteiger partial charge in [-0.1, -0.05) is 23.2 Å². The molecular weight excluding hydrogens is 1410 g/mol. The number of methoxy groups -OCH3 is 2. The number of carboxylic acids is 3. The first-order valence-electron chi connectivity index (χ1n) is 27.3. The maximum Gasteiger partial charge on any atom is 0.417 e. The molecule has 34 heteroatoms. The quantitative estimate of drug-likeness (QED) is 0.0465. The standard InChI is InChI=1S/C23H14F7NO5.C22H12F7NO4.C21H14Cl2FNO5/c1-35-17-10-13(24)4-7-16(17)36-18-9-12(22(25,26)27)8-15(23(28,29)30)19(18)20(32)31-14-5-2-11(3-6-14)21(33)34;23-13-3-7-15(8-4-13)34-17-10-12(21(24,25)26)9-16(22(27,28)29)18(17)19(31)30-14-5-1-11(2-6-14)20(32)33;1-29-19-8-12(24)4-7-17(19)30-18-10-16(23)15(22)9-14(18)20(26)25-13-5-2-11(3-6-13)21(27)28/h2-10H,1H3,(H,31,32)(H,33,34);1-10H,(H,30,31)(H,32,33);2-10H,1H3,(H,25,26)(H,27,28). The normalized spacial score (nSPS) is 11.3. The molecule has 0 heterocycles. The Morgan fingerprint density at radius 1 is 0.350 bits per heavy atom. The zero-order valence-corrected chi connectivity index (χ0v) is 51.4. The minimum atomic E-state index is -5.42. The Labute approximate surface area is 561 Å². The molecule has 9 aromatic rings. The van der Waals surface area contributed by atoms with Crippen LogP contribution in [0.3, 0.4) is 0 Å². The van der Waals surface area contributed by atoms with Crippen LogP contribution in [0.15, 0.2) is 170 Å². The van der Waals surface area contributed by atoms with Crippen molar-refractivity contribution < 1.29 is 134 Å². The molecule has 0 spiro atoms. The van der Waals surface area contributed by atoms with Crippen LogP contribution in [-0.2, 0) is 24.7 Å². The van der Waals surface area contributed by atoms with E-state index in [-0.39, 0.29) is 96.7 Å². The molecule has 0 aliphatic heterocycles. The van der Waals surface area contributed by atoms with Crippen LogP contribution < -0.4 is 39.6 Å². The Balaban J connectivity index is 0.000000212. The van der Waals surface area contributed by atoms with Gasteiger partial charge in [0, 0.05) is 35.3 Å². The van der Waals surface area contributed by atoms with Crippen LogP contribution in [0.25, 0.3) is 0 Å². The maximum atomic E-state index is 13.8. The molecule has 0 aromatic heterocycles. The molecule has 9 aromatic carbocycles. The van der Waals surface area contributed by atoms with E-state index in [0.29, 0.717) is 5.69 Å². The summed E-state index contributed by atoms with van der Waals surface area (Å²) in [5, 5.41) is 33.9. The van der Waals surface area contributed by atoms with Gasteiger partial charge in [-0.05, 0) is 152 Å². The molecule has 9 rings (SSSR count). The predicted molar refractivity (Wildman–Crippen MR) is 326 cm³/mol. The third kappa shape index (κ3) is 19.8. The van der Waals surface area contributed by atoms with Crippen molar-refractivity contribution in [2.45, 2.75) is 24.7 Å². The zero-order chi connectivity index (χ0) is 73.9. The van der Waals surface area contributed by atoms with Gasteiger partial charge in [0.15, 0.2) is 23.0 Å². The lowest BCUT2D eigenvalue weighted by molar-refractivity contribution is -0.145. The summed E-state index contributed by atoms with van der Waals surface area (Å²) in [5.41, 5.74) is -10.1. The van der Waals surface area contributed by atoms with Gasteiger partial charge in [0.1, 0.15) is 40.4 Å². The van der Waals surface area contributed by atoms with E-state index >= 15 is 0 Å². The molecule has 0 saturated carbocycles. The lowest BCUT2D eigenvalue weighted by atomic mass is 10.0. The van der Waals surface area contributed by atoms with Gasteiger partial charge in [0.05, 0.1) is 79.9 Å². The van der Waals surface area contributed by atoms with Crippen LogP contribution >= 0.6 is 23.2 Å². The molecular formula is C66H40Cl2F15N3O14. The van der Waals surface area contributed by atoms with E-state index in [2.05, 4.69) is 16.0 Å². The predicted octanol–water partition coefficient (Wildman–Crippen LogP) is 19.1. The smallest absolute Gasteiger partial charge is 0.417 e. The summed E-state index contributed by atoms with van der Waals surface area (Å²) < 4.78 is 229. The van der Waals surface area contributed by atoms with Crippen LogP contribution in [0.5, 0.6) is 46.0 Å². The highest BCUT2D eigenvalue weighted by Gasteiger charge is 2.44. The number of benzene rings is 9. The van der Waals surface area contributed by atoms with E-state index in [9.17, 15) is 94.6 Å².